The van der Waals surface area contributed by atoms with Crippen LogP contribution in [-0.4, -0.2) is 6.79 Å². The normalized spacial score (nSPS) is 15.7. The summed E-state index contributed by atoms with van der Waals surface area (Å²) in [5, 5.41) is 0. The van der Waals surface area contributed by atoms with Crippen LogP contribution in [0.5, 0.6) is 11.5 Å². The Hall–Kier alpha value is -1.18. The number of hydrogen-bond acceptors (Lipinski definition) is 2. The average molecular weight is 206 g/mol. The second kappa shape index (κ2) is 4.13. The summed E-state index contributed by atoms with van der Waals surface area (Å²) in [5.41, 5.74) is 1.33. The largest absolute Gasteiger partial charge is 0.454 e. The van der Waals surface area contributed by atoms with Crippen LogP contribution in [0.15, 0.2) is 18.2 Å². The molecule has 1 atom stereocenters. The predicted octanol–water partition coefficient (Wildman–Crippen LogP) is 3.25. The number of fused-ring (bicyclic) bond motifs is 1. The Morgan fingerprint density at radius 2 is 1.87 bits per heavy atom. The lowest BCUT2D eigenvalue weighted by molar-refractivity contribution is 0.174. The zero-order chi connectivity index (χ0) is 10.8. The summed E-state index contributed by atoms with van der Waals surface area (Å²) in [6, 6.07) is 6.23. The summed E-state index contributed by atoms with van der Waals surface area (Å²) in [6.07, 6.45) is 1.11. The first kappa shape index (κ1) is 10.3. The van der Waals surface area contributed by atoms with Gasteiger partial charge in [0.25, 0.3) is 0 Å². The summed E-state index contributed by atoms with van der Waals surface area (Å²) < 4.78 is 10.6. The van der Waals surface area contributed by atoms with Crippen molar-refractivity contribution in [3.8, 4) is 11.5 Å². The van der Waals surface area contributed by atoms with E-state index in [2.05, 4.69) is 32.9 Å². The third-order valence-corrected chi connectivity index (χ3v) is 3.13. The lowest BCUT2D eigenvalue weighted by Crippen LogP contribution is -2.07. The van der Waals surface area contributed by atoms with Gasteiger partial charge in [-0.05, 0) is 36.0 Å². The van der Waals surface area contributed by atoms with Gasteiger partial charge >= 0.3 is 0 Å². The van der Waals surface area contributed by atoms with Crippen LogP contribution < -0.4 is 9.47 Å². The molecule has 0 amide bonds. The molecular formula is C13H18O2. The van der Waals surface area contributed by atoms with E-state index in [1.807, 2.05) is 6.07 Å². The number of rotatable bonds is 3. The molecule has 2 rings (SSSR count). The molecule has 1 aliphatic heterocycles. The minimum atomic E-state index is 0.360. The molecular weight excluding hydrogens is 188 g/mol. The van der Waals surface area contributed by atoms with Crippen molar-refractivity contribution < 1.29 is 9.47 Å². The van der Waals surface area contributed by atoms with Crippen molar-refractivity contribution in [2.75, 3.05) is 6.79 Å². The van der Waals surface area contributed by atoms with Gasteiger partial charge < -0.3 is 9.47 Å². The quantitative estimate of drug-likeness (QED) is 0.755. The Morgan fingerprint density at radius 3 is 2.60 bits per heavy atom. The Labute approximate surface area is 91.2 Å². The Morgan fingerprint density at radius 1 is 1.13 bits per heavy atom. The highest BCUT2D eigenvalue weighted by molar-refractivity contribution is 5.44. The standard InChI is InChI=1S/C13H18O2/c1-9(2)10(3)6-11-4-5-12-13(7-11)15-8-14-12/h4-5,7,9-10H,6,8H2,1-3H3. The second-order valence-corrected chi connectivity index (χ2v) is 4.61. The van der Waals surface area contributed by atoms with E-state index in [1.165, 1.54) is 5.56 Å². The van der Waals surface area contributed by atoms with Crippen LogP contribution in [0.3, 0.4) is 0 Å². The fourth-order valence-corrected chi connectivity index (χ4v) is 1.68. The molecule has 1 heterocycles. The minimum absolute atomic E-state index is 0.360. The van der Waals surface area contributed by atoms with E-state index in [-0.39, 0.29) is 0 Å². The topological polar surface area (TPSA) is 18.5 Å². The van der Waals surface area contributed by atoms with Crippen molar-refractivity contribution in [1.29, 1.82) is 0 Å². The summed E-state index contributed by atoms with van der Waals surface area (Å²) in [7, 11) is 0. The predicted molar refractivity (Wildman–Crippen MR) is 60.3 cm³/mol. The zero-order valence-electron chi connectivity index (χ0n) is 9.62. The van der Waals surface area contributed by atoms with Crippen LogP contribution in [0.25, 0.3) is 0 Å². The summed E-state index contributed by atoms with van der Waals surface area (Å²) in [4.78, 5) is 0. The summed E-state index contributed by atoms with van der Waals surface area (Å²) in [6.45, 7) is 7.17. The second-order valence-electron chi connectivity index (χ2n) is 4.61. The number of ether oxygens (including phenoxy) is 2. The van der Waals surface area contributed by atoms with Gasteiger partial charge in [0.2, 0.25) is 6.79 Å². The fourth-order valence-electron chi connectivity index (χ4n) is 1.68. The van der Waals surface area contributed by atoms with Crippen molar-refractivity contribution in [3.63, 3.8) is 0 Å². The van der Waals surface area contributed by atoms with Crippen LogP contribution in [0.1, 0.15) is 26.3 Å². The summed E-state index contributed by atoms with van der Waals surface area (Å²) in [5.74, 6) is 3.18. The molecule has 0 fully saturated rings. The van der Waals surface area contributed by atoms with E-state index in [4.69, 9.17) is 9.47 Å². The molecule has 82 valence electrons. The van der Waals surface area contributed by atoms with Crippen LogP contribution in [-0.2, 0) is 6.42 Å². The molecule has 1 aromatic rings. The molecule has 0 radical (unpaired) electrons. The Balaban J connectivity index is 2.10. The van der Waals surface area contributed by atoms with Gasteiger partial charge in [-0.15, -0.1) is 0 Å². The van der Waals surface area contributed by atoms with Crippen molar-refractivity contribution in [2.45, 2.75) is 27.2 Å². The third-order valence-electron chi connectivity index (χ3n) is 3.13. The monoisotopic (exact) mass is 206 g/mol. The third kappa shape index (κ3) is 2.25. The van der Waals surface area contributed by atoms with E-state index in [1.54, 1.807) is 0 Å². The SMILES string of the molecule is CC(C)C(C)Cc1ccc2c(c1)OCO2. The van der Waals surface area contributed by atoms with Crippen LogP contribution in [0.4, 0.5) is 0 Å². The number of benzene rings is 1. The summed E-state index contributed by atoms with van der Waals surface area (Å²) >= 11 is 0. The molecule has 0 saturated heterocycles. The van der Waals surface area contributed by atoms with Gasteiger partial charge in [-0.3, -0.25) is 0 Å². The maximum Gasteiger partial charge on any atom is 0.231 e. The van der Waals surface area contributed by atoms with E-state index in [9.17, 15) is 0 Å². The van der Waals surface area contributed by atoms with E-state index >= 15 is 0 Å². The molecule has 0 N–H and O–H groups in total. The highest BCUT2D eigenvalue weighted by Crippen LogP contribution is 2.33. The van der Waals surface area contributed by atoms with Gasteiger partial charge in [0.15, 0.2) is 11.5 Å². The molecule has 0 saturated carbocycles. The molecule has 0 aliphatic carbocycles. The molecule has 2 nitrogen and oxygen atoms in total. The van der Waals surface area contributed by atoms with Crippen molar-refractivity contribution >= 4 is 0 Å². The van der Waals surface area contributed by atoms with Gasteiger partial charge in [-0.25, -0.2) is 0 Å². The highest BCUT2D eigenvalue weighted by atomic mass is 16.7. The van der Waals surface area contributed by atoms with Gasteiger partial charge in [0.1, 0.15) is 0 Å². The maximum absolute atomic E-state index is 5.36. The van der Waals surface area contributed by atoms with Gasteiger partial charge in [0.05, 0.1) is 0 Å². The molecule has 0 bridgehead atoms. The minimum Gasteiger partial charge on any atom is -0.454 e. The maximum atomic E-state index is 5.36. The molecule has 2 heteroatoms. The van der Waals surface area contributed by atoms with Crippen molar-refractivity contribution in [3.05, 3.63) is 23.8 Å². The van der Waals surface area contributed by atoms with E-state index in [0.29, 0.717) is 12.7 Å². The molecule has 1 aliphatic rings. The van der Waals surface area contributed by atoms with Crippen LogP contribution in [0.2, 0.25) is 0 Å². The Bertz CT molecular complexity index is 344. The first-order chi connectivity index (χ1) is 7.16. The first-order valence-corrected chi connectivity index (χ1v) is 5.55. The van der Waals surface area contributed by atoms with Gasteiger partial charge in [-0.2, -0.15) is 0 Å². The lowest BCUT2D eigenvalue weighted by atomic mass is 9.91. The fraction of sp³-hybridized carbons (Fsp3) is 0.538. The molecule has 0 aromatic heterocycles. The highest BCUT2D eigenvalue weighted by Gasteiger charge is 2.15. The van der Waals surface area contributed by atoms with Gasteiger partial charge in [-0.1, -0.05) is 26.8 Å². The number of hydrogen-bond donors (Lipinski definition) is 0. The van der Waals surface area contributed by atoms with Crippen molar-refractivity contribution in [2.24, 2.45) is 11.8 Å². The Kier molecular flexibility index (Phi) is 2.85. The lowest BCUT2D eigenvalue weighted by Gasteiger charge is -2.15. The van der Waals surface area contributed by atoms with Gasteiger partial charge in [0, 0.05) is 0 Å². The van der Waals surface area contributed by atoms with E-state index in [0.717, 1.165) is 23.8 Å². The smallest absolute Gasteiger partial charge is 0.231 e. The van der Waals surface area contributed by atoms with Crippen LogP contribution in [0, 0.1) is 11.8 Å². The molecule has 1 unspecified atom stereocenters. The first-order valence-electron chi connectivity index (χ1n) is 5.55. The van der Waals surface area contributed by atoms with Crippen LogP contribution >= 0.6 is 0 Å². The molecule has 0 spiro atoms. The van der Waals surface area contributed by atoms with Crippen molar-refractivity contribution in [1.82, 2.24) is 0 Å². The zero-order valence-corrected chi connectivity index (χ0v) is 9.62. The average Bonchev–Trinajstić information content (AvgIpc) is 2.64. The molecule has 1 aromatic carbocycles. The molecule has 15 heavy (non-hydrogen) atoms. The van der Waals surface area contributed by atoms with E-state index < -0.39 is 0 Å².